The number of carboxylic acids is 1. The summed E-state index contributed by atoms with van der Waals surface area (Å²) in [4.78, 5) is 10.3. The molecular formula is C14H19NO2. The van der Waals surface area contributed by atoms with Crippen LogP contribution in [-0.2, 0) is 11.3 Å². The number of carbonyl (C=O) groups is 1. The number of carboxylic acid groups (broad SMARTS) is 1. The molecular weight excluding hydrogens is 214 g/mol. The van der Waals surface area contributed by atoms with Gasteiger partial charge in [0.2, 0.25) is 0 Å². The Hall–Kier alpha value is -1.61. The number of nitrogens with one attached hydrogen (secondary N) is 1. The van der Waals surface area contributed by atoms with Gasteiger partial charge in [-0.25, -0.2) is 4.79 Å². The van der Waals surface area contributed by atoms with Crippen molar-refractivity contribution in [1.29, 1.82) is 0 Å². The Balaban J connectivity index is 2.53. The van der Waals surface area contributed by atoms with Crippen LogP contribution < -0.4 is 5.32 Å². The summed E-state index contributed by atoms with van der Waals surface area (Å²) in [5, 5.41) is 11.6. The normalized spacial score (nSPS) is 11.0. The molecule has 0 amide bonds. The molecule has 0 atom stereocenters. The summed E-state index contributed by atoms with van der Waals surface area (Å²) in [6.07, 6.45) is 2.76. The third kappa shape index (κ3) is 4.04. The molecule has 92 valence electrons. The summed E-state index contributed by atoms with van der Waals surface area (Å²) in [6.45, 7) is 7.68. The molecule has 0 saturated heterocycles. The van der Waals surface area contributed by atoms with E-state index in [-0.39, 0.29) is 0 Å². The maximum absolute atomic E-state index is 10.3. The molecule has 1 aromatic carbocycles. The predicted octanol–water partition coefficient (Wildman–Crippen LogP) is 2.34. The van der Waals surface area contributed by atoms with E-state index >= 15 is 0 Å². The van der Waals surface area contributed by atoms with Gasteiger partial charge in [0, 0.05) is 19.2 Å². The molecule has 0 radical (unpaired) electrons. The summed E-state index contributed by atoms with van der Waals surface area (Å²) in [6, 6.07) is 4.23. The van der Waals surface area contributed by atoms with Crippen LogP contribution in [0.1, 0.15) is 22.3 Å². The van der Waals surface area contributed by atoms with E-state index in [2.05, 4.69) is 38.2 Å². The molecule has 3 heteroatoms. The van der Waals surface area contributed by atoms with Crippen LogP contribution >= 0.6 is 0 Å². The van der Waals surface area contributed by atoms with E-state index in [1.54, 1.807) is 6.08 Å². The molecule has 0 aliphatic heterocycles. The number of benzene rings is 1. The summed E-state index contributed by atoms with van der Waals surface area (Å²) in [5.41, 5.74) is 5.19. The Bertz CT molecular complexity index is 436. The average molecular weight is 233 g/mol. The topological polar surface area (TPSA) is 49.3 Å². The molecule has 0 aliphatic rings. The second-order valence-electron chi connectivity index (χ2n) is 4.16. The largest absolute Gasteiger partial charge is 0.478 e. The van der Waals surface area contributed by atoms with Crippen LogP contribution in [0.4, 0.5) is 0 Å². The van der Waals surface area contributed by atoms with Crippen molar-refractivity contribution >= 4 is 5.97 Å². The zero-order chi connectivity index (χ0) is 12.8. The summed E-state index contributed by atoms with van der Waals surface area (Å²) >= 11 is 0. The molecule has 0 bridgehead atoms. The number of rotatable bonds is 5. The van der Waals surface area contributed by atoms with Gasteiger partial charge in [0.05, 0.1) is 0 Å². The third-order valence-corrected chi connectivity index (χ3v) is 3.01. The summed E-state index contributed by atoms with van der Waals surface area (Å²) in [5.74, 6) is -0.908. The van der Waals surface area contributed by atoms with Gasteiger partial charge in [-0.15, -0.1) is 0 Å². The zero-order valence-electron chi connectivity index (χ0n) is 10.6. The standard InChI is InChI=1S/C14H19NO2/c1-10-6-7-13(12(3)11(10)2)9-15-8-4-5-14(16)17/h4-7,15H,8-9H2,1-3H3,(H,16,17)/b5-4+. The van der Waals surface area contributed by atoms with Crippen molar-refractivity contribution in [3.05, 3.63) is 46.5 Å². The molecule has 0 spiro atoms. The number of hydrogen-bond acceptors (Lipinski definition) is 2. The van der Waals surface area contributed by atoms with E-state index in [4.69, 9.17) is 5.11 Å². The molecule has 0 fully saturated rings. The minimum absolute atomic E-state index is 0.568. The van der Waals surface area contributed by atoms with E-state index in [0.717, 1.165) is 12.6 Å². The quantitative estimate of drug-likeness (QED) is 0.606. The van der Waals surface area contributed by atoms with Crippen LogP contribution in [0, 0.1) is 20.8 Å². The highest BCUT2D eigenvalue weighted by atomic mass is 16.4. The molecule has 1 aromatic rings. The van der Waals surface area contributed by atoms with Crippen molar-refractivity contribution < 1.29 is 9.90 Å². The first kappa shape index (κ1) is 13.5. The van der Waals surface area contributed by atoms with Crippen molar-refractivity contribution in [2.45, 2.75) is 27.3 Å². The van der Waals surface area contributed by atoms with E-state index in [1.165, 1.54) is 22.3 Å². The molecule has 0 aliphatic carbocycles. The highest BCUT2D eigenvalue weighted by molar-refractivity contribution is 5.79. The van der Waals surface area contributed by atoms with E-state index in [9.17, 15) is 4.79 Å². The molecule has 0 unspecified atom stereocenters. The van der Waals surface area contributed by atoms with Gasteiger partial charge in [-0.2, -0.15) is 0 Å². The van der Waals surface area contributed by atoms with Gasteiger partial charge in [-0.1, -0.05) is 18.2 Å². The second kappa shape index (κ2) is 6.21. The predicted molar refractivity (Wildman–Crippen MR) is 69.1 cm³/mol. The van der Waals surface area contributed by atoms with Gasteiger partial charge in [0.15, 0.2) is 0 Å². The van der Waals surface area contributed by atoms with Crippen molar-refractivity contribution in [1.82, 2.24) is 5.32 Å². The van der Waals surface area contributed by atoms with Gasteiger partial charge in [-0.3, -0.25) is 0 Å². The van der Waals surface area contributed by atoms with Crippen molar-refractivity contribution in [2.75, 3.05) is 6.54 Å². The fourth-order valence-electron chi connectivity index (χ4n) is 1.65. The maximum atomic E-state index is 10.3. The lowest BCUT2D eigenvalue weighted by Gasteiger charge is -2.11. The lowest BCUT2D eigenvalue weighted by Crippen LogP contribution is -2.14. The maximum Gasteiger partial charge on any atom is 0.328 e. The van der Waals surface area contributed by atoms with Crippen LogP contribution in [0.15, 0.2) is 24.3 Å². The Morgan fingerprint density at radius 3 is 2.65 bits per heavy atom. The van der Waals surface area contributed by atoms with E-state index < -0.39 is 5.97 Å². The fourth-order valence-corrected chi connectivity index (χ4v) is 1.65. The van der Waals surface area contributed by atoms with Gasteiger partial charge in [0.25, 0.3) is 0 Å². The van der Waals surface area contributed by atoms with Crippen LogP contribution in [-0.4, -0.2) is 17.6 Å². The average Bonchev–Trinajstić information content (AvgIpc) is 2.28. The van der Waals surface area contributed by atoms with Gasteiger partial charge >= 0.3 is 5.97 Å². The third-order valence-electron chi connectivity index (χ3n) is 3.01. The van der Waals surface area contributed by atoms with E-state index in [1.807, 2.05) is 0 Å². The Kier molecular flexibility index (Phi) is 4.91. The fraction of sp³-hybridized carbons (Fsp3) is 0.357. The molecule has 1 rings (SSSR count). The highest BCUT2D eigenvalue weighted by Crippen LogP contribution is 2.16. The molecule has 2 N–H and O–H groups in total. The molecule has 17 heavy (non-hydrogen) atoms. The lowest BCUT2D eigenvalue weighted by molar-refractivity contribution is -0.131. The van der Waals surface area contributed by atoms with Crippen LogP contribution in [0.2, 0.25) is 0 Å². The van der Waals surface area contributed by atoms with Crippen LogP contribution in [0.3, 0.4) is 0 Å². The summed E-state index contributed by atoms with van der Waals surface area (Å²) < 4.78 is 0. The minimum atomic E-state index is -0.908. The second-order valence-corrected chi connectivity index (χ2v) is 4.16. The van der Waals surface area contributed by atoms with Crippen molar-refractivity contribution in [2.24, 2.45) is 0 Å². The smallest absolute Gasteiger partial charge is 0.328 e. The Morgan fingerprint density at radius 2 is 2.00 bits per heavy atom. The van der Waals surface area contributed by atoms with Gasteiger partial charge in [0.1, 0.15) is 0 Å². The molecule has 3 nitrogen and oxygen atoms in total. The van der Waals surface area contributed by atoms with Crippen molar-refractivity contribution in [3.63, 3.8) is 0 Å². The summed E-state index contributed by atoms with van der Waals surface area (Å²) in [7, 11) is 0. The zero-order valence-corrected chi connectivity index (χ0v) is 10.6. The monoisotopic (exact) mass is 233 g/mol. The Labute approximate surface area is 102 Å². The first-order valence-electron chi connectivity index (χ1n) is 5.68. The van der Waals surface area contributed by atoms with Crippen molar-refractivity contribution in [3.8, 4) is 0 Å². The number of hydrogen-bond donors (Lipinski definition) is 2. The van der Waals surface area contributed by atoms with Crippen LogP contribution in [0.5, 0.6) is 0 Å². The SMILES string of the molecule is Cc1ccc(CNC/C=C/C(=O)O)c(C)c1C. The Morgan fingerprint density at radius 1 is 1.29 bits per heavy atom. The molecule has 0 heterocycles. The van der Waals surface area contributed by atoms with Gasteiger partial charge < -0.3 is 10.4 Å². The van der Waals surface area contributed by atoms with Gasteiger partial charge in [-0.05, 0) is 43.0 Å². The number of aliphatic carboxylic acids is 1. The van der Waals surface area contributed by atoms with E-state index in [0.29, 0.717) is 6.54 Å². The highest BCUT2D eigenvalue weighted by Gasteiger charge is 2.02. The first-order valence-corrected chi connectivity index (χ1v) is 5.68. The number of aryl methyl sites for hydroxylation is 1. The lowest BCUT2D eigenvalue weighted by atomic mass is 9.99. The van der Waals surface area contributed by atoms with Crippen LogP contribution in [0.25, 0.3) is 0 Å². The molecule has 0 aromatic heterocycles. The molecule has 0 saturated carbocycles. The first-order chi connectivity index (χ1) is 8.02. The minimum Gasteiger partial charge on any atom is -0.478 e.